The van der Waals surface area contributed by atoms with Gasteiger partial charge < -0.3 is 4.74 Å². The second-order valence-electron chi connectivity index (χ2n) is 6.41. The van der Waals surface area contributed by atoms with Crippen LogP contribution >= 0.6 is 0 Å². The molecule has 0 radical (unpaired) electrons. The first-order valence-corrected chi connectivity index (χ1v) is 8.21. The molecule has 4 heteroatoms. The summed E-state index contributed by atoms with van der Waals surface area (Å²) in [4.78, 5) is 11.5. The summed E-state index contributed by atoms with van der Waals surface area (Å²) >= 11 is 0. The van der Waals surface area contributed by atoms with Gasteiger partial charge in [-0.2, -0.15) is 0 Å². The average Bonchev–Trinajstić information content (AvgIpc) is 3.03. The fraction of sp³-hybridized carbons (Fsp3) is 0.368. The quantitative estimate of drug-likeness (QED) is 0.873. The van der Waals surface area contributed by atoms with Crippen LogP contribution in [-0.4, -0.2) is 41.1 Å². The van der Waals surface area contributed by atoms with Crippen LogP contribution in [0.15, 0.2) is 42.1 Å². The monoisotopic (exact) mass is 307 g/mol. The van der Waals surface area contributed by atoms with E-state index in [1.165, 1.54) is 11.1 Å². The Morgan fingerprint density at radius 3 is 3.09 bits per heavy atom. The van der Waals surface area contributed by atoms with E-state index in [0.717, 1.165) is 43.3 Å². The van der Waals surface area contributed by atoms with Gasteiger partial charge in [0, 0.05) is 36.5 Å². The highest BCUT2D eigenvalue weighted by atomic mass is 16.5. The molecule has 0 saturated carbocycles. The van der Waals surface area contributed by atoms with Crippen LogP contribution in [0.2, 0.25) is 0 Å². The second kappa shape index (κ2) is 6.13. The van der Waals surface area contributed by atoms with E-state index in [0.29, 0.717) is 12.5 Å². The lowest BCUT2D eigenvalue weighted by molar-refractivity contribution is 0.308. The fourth-order valence-corrected chi connectivity index (χ4v) is 3.39. The maximum atomic E-state index is 5.85. The van der Waals surface area contributed by atoms with Gasteiger partial charge >= 0.3 is 0 Å². The smallest absolute Gasteiger partial charge is 0.132 e. The summed E-state index contributed by atoms with van der Waals surface area (Å²) in [5, 5.41) is 0. The molecule has 2 aliphatic heterocycles. The van der Waals surface area contributed by atoms with Gasteiger partial charge in [-0.1, -0.05) is 18.2 Å². The minimum absolute atomic E-state index is 0.451. The van der Waals surface area contributed by atoms with E-state index in [9.17, 15) is 0 Å². The Kier molecular flexibility index (Phi) is 3.83. The largest absolute Gasteiger partial charge is 0.489 e. The summed E-state index contributed by atoms with van der Waals surface area (Å²) in [5.74, 6) is 2.43. The average molecular weight is 307 g/mol. The summed E-state index contributed by atoms with van der Waals surface area (Å²) in [5.41, 5.74) is 3.58. The molecule has 1 fully saturated rings. The number of hydrogen-bond donors (Lipinski definition) is 0. The standard InChI is InChI=1S/C19H21N3O/c1-14-6-8-20-19(21-14)17-7-9-22(12-17)11-15-10-16-4-2-3-5-18(16)23-13-15/h2-6,8,10,17H,7,9,11-13H2,1H3. The number of aryl methyl sites for hydroxylation is 1. The highest BCUT2D eigenvalue weighted by Crippen LogP contribution is 2.29. The number of nitrogens with zero attached hydrogens (tertiary/aromatic N) is 3. The number of likely N-dealkylation sites (tertiary alicyclic amines) is 1. The molecule has 2 aliphatic rings. The van der Waals surface area contributed by atoms with Crippen LogP contribution in [0, 0.1) is 6.92 Å². The van der Waals surface area contributed by atoms with Gasteiger partial charge in [0.1, 0.15) is 18.2 Å². The first kappa shape index (κ1) is 14.4. The number of aromatic nitrogens is 2. The van der Waals surface area contributed by atoms with Gasteiger partial charge in [-0.05, 0) is 43.7 Å². The number of hydrogen-bond acceptors (Lipinski definition) is 4. The Morgan fingerprint density at radius 1 is 1.26 bits per heavy atom. The molecular formula is C19H21N3O. The van der Waals surface area contributed by atoms with Gasteiger partial charge in [0.2, 0.25) is 0 Å². The zero-order valence-electron chi connectivity index (χ0n) is 13.4. The van der Waals surface area contributed by atoms with Crippen LogP contribution in [-0.2, 0) is 0 Å². The minimum atomic E-state index is 0.451. The topological polar surface area (TPSA) is 38.2 Å². The van der Waals surface area contributed by atoms with Gasteiger partial charge in [0.05, 0.1) is 0 Å². The fourth-order valence-electron chi connectivity index (χ4n) is 3.39. The van der Waals surface area contributed by atoms with Gasteiger partial charge in [0.25, 0.3) is 0 Å². The highest BCUT2D eigenvalue weighted by molar-refractivity contribution is 5.62. The number of benzene rings is 1. The van der Waals surface area contributed by atoms with E-state index in [1.807, 2.05) is 31.3 Å². The third kappa shape index (κ3) is 3.13. The lowest BCUT2D eigenvalue weighted by atomic mass is 10.1. The zero-order valence-corrected chi connectivity index (χ0v) is 13.4. The predicted molar refractivity (Wildman–Crippen MR) is 90.5 cm³/mol. The van der Waals surface area contributed by atoms with Crippen molar-refractivity contribution in [2.45, 2.75) is 19.3 Å². The van der Waals surface area contributed by atoms with E-state index < -0.39 is 0 Å². The van der Waals surface area contributed by atoms with Crippen LogP contribution in [0.25, 0.3) is 6.08 Å². The van der Waals surface area contributed by atoms with Crippen LogP contribution in [0.5, 0.6) is 5.75 Å². The molecule has 0 N–H and O–H groups in total. The molecule has 1 aromatic carbocycles. The molecule has 118 valence electrons. The molecular weight excluding hydrogens is 286 g/mol. The van der Waals surface area contributed by atoms with Gasteiger partial charge in [0.15, 0.2) is 0 Å². The third-order valence-corrected chi connectivity index (χ3v) is 4.57. The van der Waals surface area contributed by atoms with Crippen molar-refractivity contribution in [2.75, 3.05) is 26.2 Å². The predicted octanol–water partition coefficient (Wildman–Crippen LogP) is 3.05. The van der Waals surface area contributed by atoms with E-state index in [4.69, 9.17) is 4.74 Å². The first-order valence-electron chi connectivity index (χ1n) is 8.21. The molecule has 0 spiro atoms. The molecule has 0 amide bonds. The maximum Gasteiger partial charge on any atom is 0.132 e. The molecule has 0 bridgehead atoms. The molecule has 23 heavy (non-hydrogen) atoms. The number of ether oxygens (including phenoxy) is 1. The molecule has 3 heterocycles. The van der Waals surface area contributed by atoms with Crippen LogP contribution < -0.4 is 4.74 Å². The molecule has 1 saturated heterocycles. The molecule has 0 aliphatic carbocycles. The van der Waals surface area contributed by atoms with Crippen molar-refractivity contribution < 1.29 is 4.74 Å². The van der Waals surface area contributed by atoms with Gasteiger partial charge in [-0.25, -0.2) is 9.97 Å². The van der Waals surface area contributed by atoms with Crippen molar-refractivity contribution in [3.05, 3.63) is 59.2 Å². The van der Waals surface area contributed by atoms with Gasteiger partial charge in [-0.3, -0.25) is 4.90 Å². The summed E-state index contributed by atoms with van der Waals surface area (Å²) < 4.78 is 5.85. The lowest BCUT2D eigenvalue weighted by Gasteiger charge is -2.22. The summed E-state index contributed by atoms with van der Waals surface area (Å²) in [6.07, 6.45) is 5.28. The van der Waals surface area contributed by atoms with Gasteiger partial charge in [-0.15, -0.1) is 0 Å². The highest BCUT2D eigenvalue weighted by Gasteiger charge is 2.26. The number of rotatable bonds is 3. The lowest BCUT2D eigenvalue weighted by Crippen LogP contribution is -2.26. The molecule has 1 unspecified atom stereocenters. The molecule has 1 aromatic heterocycles. The Labute approximate surface area is 136 Å². The van der Waals surface area contributed by atoms with E-state index in [2.05, 4.69) is 33.1 Å². The summed E-state index contributed by atoms with van der Waals surface area (Å²) in [6.45, 7) is 5.82. The second-order valence-corrected chi connectivity index (χ2v) is 6.41. The number of para-hydroxylation sites is 1. The Hall–Kier alpha value is -2.20. The summed E-state index contributed by atoms with van der Waals surface area (Å²) in [6, 6.07) is 10.2. The normalized spacial score (nSPS) is 20.7. The molecule has 1 atom stereocenters. The van der Waals surface area contributed by atoms with Crippen LogP contribution in [0.4, 0.5) is 0 Å². The van der Waals surface area contributed by atoms with Crippen molar-refractivity contribution in [1.29, 1.82) is 0 Å². The third-order valence-electron chi connectivity index (χ3n) is 4.57. The Balaban J connectivity index is 1.42. The SMILES string of the molecule is Cc1ccnc(C2CCN(CC3=Cc4ccccc4OC3)C2)n1. The minimum Gasteiger partial charge on any atom is -0.489 e. The Morgan fingerprint density at radius 2 is 2.17 bits per heavy atom. The van der Waals surface area contributed by atoms with E-state index in [1.54, 1.807) is 0 Å². The van der Waals surface area contributed by atoms with Crippen molar-refractivity contribution in [3.63, 3.8) is 0 Å². The van der Waals surface area contributed by atoms with Crippen LogP contribution in [0.1, 0.15) is 29.4 Å². The van der Waals surface area contributed by atoms with Crippen LogP contribution in [0.3, 0.4) is 0 Å². The first-order chi connectivity index (χ1) is 11.3. The van der Waals surface area contributed by atoms with Crippen molar-refractivity contribution in [3.8, 4) is 5.75 Å². The van der Waals surface area contributed by atoms with Crippen molar-refractivity contribution in [2.24, 2.45) is 0 Å². The summed E-state index contributed by atoms with van der Waals surface area (Å²) in [7, 11) is 0. The number of fused-ring (bicyclic) bond motifs is 1. The molecule has 4 nitrogen and oxygen atoms in total. The van der Waals surface area contributed by atoms with Crippen molar-refractivity contribution >= 4 is 6.08 Å². The Bertz CT molecular complexity index is 741. The zero-order chi connectivity index (χ0) is 15.6. The van der Waals surface area contributed by atoms with E-state index >= 15 is 0 Å². The molecule has 2 aromatic rings. The van der Waals surface area contributed by atoms with E-state index in [-0.39, 0.29) is 0 Å². The maximum absolute atomic E-state index is 5.85. The van der Waals surface area contributed by atoms with Crippen molar-refractivity contribution in [1.82, 2.24) is 14.9 Å². The molecule has 4 rings (SSSR count).